The maximum absolute atomic E-state index is 14.2. The summed E-state index contributed by atoms with van der Waals surface area (Å²) in [5.74, 6) is 0.129. The van der Waals surface area contributed by atoms with E-state index in [0.717, 1.165) is 11.3 Å². The van der Waals surface area contributed by atoms with Gasteiger partial charge in [0.15, 0.2) is 16.3 Å². The molecule has 1 aromatic heterocycles. The van der Waals surface area contributed by atoms with Crippen LogP contribution in [-0.4, -0.2) is 29.8 Å². The molecule has 4 aromatic rings. The second kappa shape index (κ2) is 9.35. The number of ether oxygens (including phenoxy) is 3. The number of carbonyl (C=O) groups is 2. The van der Waals surface area contributed by atoms with Gasteiger partial charge in [0.2, 0.25) is 6.79 Å². The monoisotopic (exact) mass is 551 g/mol. The molecule has 9 nitrogen and oxygen atoms in total. The highest BCUT2D eigenvalue weighted by Crippen LogP contribution is 2.40. The second-order valence-electron chi connectivity index (χ2n) is 9.24. The molecular weight excluding hydrogens is 530 g/mol. The zero-order chi connectivity index (χ0) is 27.4. The van der Waals surface area contributed by atoms with Gasteiger partial charge >= 0.3 is 5.97 Å². The minimum absolute atomic E-state index is 0.0786. The van der Waals surface area contributed by atoms with Crippen LogP contribution >= 0.6 is 11.3 Å². The maximum atomic E-state index is 14.2. The molecule has 0 saturated heterocycles. The Morgan fingerprint density at radius 3 is 2.65 bits per heavy atom. The van der Waals surface area contributed by atoms with Crippen LogP contribution < -0.4 is 29.7 Å². The average molecular weight is 552 g/mol. The van der Waals surface area contributed by atoms with Crippen molar-refractivity contribution in [3.05, 3.63) is 115 Å². The number of thiazole rings is 1. The van der Waals surface area contributed by atoms with Crippen molar-refractivity contribution in [1.29, 1.82) is 0 Å². The van der Waals surface area contributed by atoms with Gasteiger partial charge in [-0.1, -0.05) is 65.9 Å². The van der Waals surface area contributed by atoms with Crippen molar-refractivity contribution in [3.63, 3.8) is 0 Å². The molecule has 198 valence electrons. The quantitative estimate of drug-likeness (QED) is 0.391. The number of benzene rings is 3. The zero-order valence-electron chi connectivity index (χ0n) is 21.2. The van der Waals surface area contributed by atoms with Crippen LogP contribution in [0.2, 0.25) is 0 Å². The van der Waals surface area contributed by atoms with E-state index in [0.29, 0.717) is 44.4 Å². The number of hydrogen-bond donors (Lipinski definition) is 1. The number of carbonyl (C=O) groups excluding carboxylic acids is 2. The number of aromatic nitrogens is 1. The summed E-state index contributed by atoms with van der Waals surface area (Å²) in [6.45, 7) is 1.95. The third-order valence-corrected chi connectivity index (χ3v) is 8.01. The minimum atomic E-state index is -0.894. The van der Waals surface area contributed by atoms with Crippen molar-refractivity contribution >= 4 is 40.2 Å². The van der Waals surface area contributed by atoms with Gasteiger partial charge in [-0.25, -0.2) is 9.79 Å². The Kier molecular flexibility index (Phi) is 5.64. The fraction of sp³-hybridized carbons (Fsp3) is 0.133. The third-order valence-electron chi connectivity index (χ3n) is 6.96. The van der Waals surface area contributed by atoms with Gasteiger partial charge in [-0.15, -0.1) is 0 Å². The fourth-order valence-corrected chi connectivity index (χ4v) is 6.33. The van der Waals surface area contributed by atoms with Gasteiger partial charge in [-0.05, 0) is 30.7 Å². The summed E-state index contributed by atoms with van der Waals surface area (Å²) in [5, 5.41) is 2.84. The number of nitrogens with one attached hydrogen (secondary N) is 1. The Bertz CT molecular complexity index is 1940. The molecule has 0 radical (unpaired) electrons. The molecule has 0 spiro atoms. The highest BCUT2D eigenvalue weighted by Gasteiger charge is 2.37. The molecule has 0 bridgehead atoms. The first-order valence-electron chi connectivity index (χ1n) is 12.7. The number of hydrogen-bond acceptors (Lipinski definition) is 8. The van der Waals surface area contributed by atoms with Crippen molar-refractivity contribution in [2.75, 3.05) is 18.7 Å². The van der Waals surface area contributed by atoms with Gasteiger partial charge in [-0.3, -0.25) is 14.2 Å². The minimum Gasteiger partial charge on any atom is -0.463 e. The van der Waals surface area contributed by atoms with E-state index in [4.69, 9.17) is 19.2 Å². The van der Waals surface area contributed by atoms with E-state index in [9.17, 15) is 14.4 Å². The number of para-hydroxylation sites is 1. The molecule has 0 fully saturated rings. The smallest absolute Gasteiger partial charge is 0.338 e. The SMILES string of the molecule is CCOC(=O)C1=C(c2ccccc2)N=c2sc(=C3C(=O)Nc4ccccc43)c(=O)n2C1c1ccc2c(c1)OCO2. The van der Waals surface area contributed by atoms with E-state index in [2.05, 4.69) is 5.32 Å². The van der Waals surface area contributed by atoms with E-state index >= 15 is 0 Å². The largest absolute Gasteiger partial charge is 0.463 e. The van der Waals surface area contributed by atoms with Crippen LogP contribution in [0.15, 0.2) is 88.2 Å². The van der Waals surface area contributed by atoms with Gasteiger partial charge in [0.25, 0.3) is 11.5 Å². The number of nitrogens with zero attached hydrogens (tertiary/aromatic N) is 2. The predicted octanol–water partition coefficient (Wildman–Crippen LogP) is 2.99. The molecule has 0 aliphatic carbocycles. The first kappa shape index (κ1) is 24.1. The first-order valence-corrected chi connectivity index (χ1v) is 13.5. The van der Waals surface area contributed by atoms with Crippen LogP contribution in [0, 0.1) is 0 Å². The summed E-state index contributed by atoms with van der Waals surface area (Å²) in [4.78, 5) is 46.1. The molecule has 40 heavy (non-hydrogen) atoms. The third kappa shape index (κ3) is 3.68. The normalized spacial score (nSPS) is 18.1. The number of esters is 1. The molecule has 1 atom stereocenters. The predicted molar refractivity (Wildman–Crippen MR) is 148 cm³/mol. The lowest BCUT2D eigenvalue weighted by molar-refractivity contribution is -0.138. The summed E-state index contributed by atoms with van der Waals surface area (Å²) in [7, 11) is 0. The molecule has 4 heterocycles. The molecule has 1 N–H and O–H groups in total. The molecular formula is C30H21N3O6S. The topological polar surface area (TPSA) is 108 Å². The van der Waals surface area contributed by atoms with Crippen molar-refractivity contribution in [2.45, 2.75) is 13.0 Å². The van der Waals surface area contributed by atoms with Crippen molar-refractivity contribution in [3.8, 4) is 11.5 Å². The van der Waals surface area contributed by atoms with Crippen molar-refractivity contribution in [1.82, 2.24) is 4.57 Å². The Morgan fingerprint density at radius 2 is 1.82 bits per heavy atom. The number of amides is 1. The van der Waals surface area contributed by atoms with E-state index in [1.807, 2.05) is 42.5 Å². The summed E-state index contributed by atoms with van der Waals surface area (Å²) >= 11 is 1.12. The molecule has 3 aliphatic heterocycles. The molecule has 0 saturated carbocycles. The number of fused-ring (bicyclic) bond motifs is 3. The lowest BCUT2D eigenvalue weighted by Gasteiger charge is -2.26. The molecule has 3 aromatic carbocycles. The van der Waals surface area contributed by atoms with Gasteiger partial charge in [-0.2, -0.15) is 0 Å². The Labute approximate surface area is 231 Å². The Hall–Kier alpha value is -4.96. The highest BCUT2D eigenvalue weighted by atomic mass is 32.1. The summed E-state index contributed by atoms with van der Waals surface area (Å²) in [6.07, 6.45) is 0. The lowest BCUT2D eigenvalue weighted by Crippen LogP contribution is -2.40. The van der Waals surface area contributed by atoms with Crippen LogP contribution in [0.3, 0.4) is 0 Å². The average Bonchev–Trinajstić information content (AvgIpc) is 3.66. The Balaban J connectivity index is 1.57. The van der Waals surface area contributed by atoms with Gasteiger partial charge in [0, 0.05) is 16.8 Å². The molecule has 1 amide bonds. The standard InChI is InChI=1S/C30H21N3O6S/c1-2-37-29(36)23-24(16-8-4-3-5-9-16)32-30-33(25(23)17-12-13-20-21(14-17)39-15-38-20)28(35)26(40-30)22-18-10-6-7-11-19(18)31-27(22)34/h3-14,25H,2,15H2,1H3,(H,31,34). The first-order chi connectivity index (χ1) is 19.5. The number of anilines is 1. The van der Waals surface area contributed by atoms with Crippen LogP contribution in [0.25, 0.3) is 11.3 Å². The van der Waals surface area contributed by atoms with Crippen LogP contribution in [0.4, 0.5) is 5.69 Å². The van der Waals surface area contributed by atoms with Gasteiger partial charge in [0.05, 0.1) is 29.5 Å². The summed E-state index contributed by atoms with van der Waals surface area (Å²) in [6, 6.07) is 20.9. The van der Waals surface area contributed by atoms with Crippen LogP contribution in [0.1, 0.15) is 29.7 Å². The summed E-state index contributed by atoms with van der Waals surface area (Å²) in [5.41, 5.74) is 3.06. The van der Waals surface area contributed by atoms with Gasteiger partial charge < -0.3 is 19.5 Å². The lowest BCUT2D eigenvalue weighted by atomic mass is 9.93. The van der Waals surface area contributed by atoms with Crippen molar-refractivity contribution in [2.24, 2.45) is 4.99 Å². The van der Waals surface area contributed by atoms with Gasteiger partial charge in [0.1, 0.15) is 4.53 Å². The fourth-order valence-electron chi connectivity index (χ4n) is 5.23. The van der Waals surface area contributed by atoms with E-state index in [-0.39, 0.29) is 35.0 Å². The molecule has 7 rings (SSSR count). The zero-order valence-corrected chi connectivity index (χ0v) is 22.0. The second-order valence-corrected chi connectivity index (χ2v) is 10.2. The van der Waals surface area contributed by atoms with Crippen molar-refractivity contribution < 1.29 is 23.8 Å². The summed E-state index contributed by atoms with van der Waals surface area (Å²) < 4.78 is 18.3. The Morgan fingerprint density at radius 1 is 1.05 bits per heavy atom. The van der Waals surface area contributed by atoms with E-state index < -0.39 is 17.6 Å². The van der Waals surface area contributed by atoms with Crippen LogP contribution in [0.5, 0.6) is 11.5 Å². The molecule has 3 aliphatic rings. The highest BCUT2D eigenvalue weighted by molar-refractivity contribution is 7.07. The molecule has 1 unspecified atom stereocenters. The molecule has 10 heteroatoms. The maximum Gasteiger partial charge on any atom is 0.338 e. The number of rotatable bonds is 4. The van der Waals surface area contributed by atoms with E-state index in [1.165, 1.54) is 4.57 Å². The van der Waals surface area contributed by atoms with Crippen LogP contribution in [-0.2, 0) is 14.3 Å². The van der Waals surface area contributed by atoms with E-state index in [1.54, 1.807) is 37.3 Å².